The summed E-state index contributed by atoms with van der Waals surface area (Å²) in [5.41, 5.74) is -0.632. The fraction of sp³-hybridized carbons (Fsp3) is 0.600. The minimum atomic E-state index is -4.29. The van der Waals surface area contributed by atoms with E-state index in [1.807, 2.05) is 0 Å². The lowest BCUT2D eigenvalue weighted by Crippen LogP contribution is -2.51. The fourth-order valence-corrected chi connectivity index (χ4v) is 3.22. The molecule has 3 atom stereocenters. The Morgan fingerprint density at radius 3 is 2.15 bits per heavy atom. The van der Waals surface area contributed by atoms with E-state index in [2.05, 4.69) is 5.32 Å². The largest absolute Gasteiger partial charge is 0.490 e. The van der Waals surface area contributed by atoms with Crippen molar-refractivity contribution in [1.29, 1.82) is 0 Å². The van der Waals surface area contributed by atoms with Gasteiger partial charge < -0.3 is 10.1 Å². The van der Waals surface area contributed by atoms with Crippen LogP contribution >= 0.6 is 0 Å². The smallest absolute Gasteiger partial charge is 0.416 e. The van der Waals surface area contributed by atoms with Crippen LogP contribution in [0.3, 0.4) is 0 Å². The zero-order valence-electron chi connectivity index (χ0n) is 11.1. The lowest BCUT2D eigenvalue weighted by Gasteiger charge is -2.40. The van der Waals surface area contributed by atoms with E-state index in [0.29, 0.717) is 17.8 Å². The molecule has 0 aromatic heterocycles. The SMILES string of the molecule is FC(F)(F)c1ccc(O[C@@H]2C[C@H]3CCC[C@@H](C2)N3)cc1. The zero-order chi connectivity index (χ0) is 14.2. The molecule has 0 aliphatic carbocycles. The summed E-state index contributed by atoms with van der Waals surface area (Å²) in [5.74, 6) is 0.531. The van der Waals surface area contributed by atoms with E-state index in [1.165, 1.54) is 31.4 Å². The number of hydrogen-bond donors (Lipinski definition) is 1. The molecule has 0 amide bonds. The second kappa shape index (κ2) is 5.28. The summed E-state index contributed by atoms with van der Waals surface area (Å²) >= 11 is 0. The van der Waals surface area contributed by atoms with Crippen molar-refractivity contribution in [1.82, 2.24) is 5.32 Å². The molecule has 0 radical (unpaired) electrons. The van der Waals surface area contributed by atoms with Gasteiger partial charge in [-0.15, -0.1) is 0 Å². The second-order valence-corrected chi connectivity index (χ2v) is 5.72. The van der Waals surface area contributed by atoms with Crippen LogP contribution < -0.4 is 10.1 Å². The average molecular weight is 285 g/mol. The highest BCUT2D eigenvalue weighted by Gasteiger charge is 2.33. The predicted molar refractivity (Wildman–Crippen MR) is 69.7 cm³/mol. The molecule has 1 N–H and O–H groups in total. The first-order valence-corrected chi connectivity index (χ1v) is 7.10. The summed E-state index contributed by atoms with van der Waals surface area (Å²) in [7, 11) is 0. The van der Waals surface area contributed by atoms with Crippen molar-refractivity contribution in [3.63, 3.8) is 0 Å². The van der Waals surface area contributed by atoms with E-state index in [0.717, 1.165) is 25.0 Å². The molecule has 1 aromatic carbocycles. The Balaban J connectivity index is 1.63. The number of piperidine rings is 2. The molecule has 2 aliphatic heterocycles. The van der Waals surface area contributed by atoms with Crippen LogP contribution in [0.1, 0.15) is 37.7 Å². The molecule has 2 saturated heterocycles. The zero-order valence-corrected chi connectivity index (χ0v) is 11.1. The quantitative estimate of drug-likeness (QED) is 0.893. The number of benzene rings is 1. The third-order valence-corrected chi connectivity index (χ3v) is 4.16. The van der Waals surface area contributed by atoms with E-state index in [1.54, 1.807) is 0 Å². The third-order valence-electron chi connectivity index (χ3n) is 4.16. The van der Waals surface area contributed by atoms with Crippen molar-refractivity contribution in [3.05, 3.63) is 29.8 Å². The molecule has 0 saturated carbocycles. The molecule has 2 fully saturated rings. The summed E-state index contributed by atoms with van der Waals surface area (Å²) in [6.45, 7) is 0. The molecule has 2 aliphatic rings. The van der Waals surface area contributed by atoms with Gasteiger partial charge in [0.25, 0.3) is 0 Å². The summed E-state index contributed by atoms with van der Waals surface area (Å²) in [5, 5.41) is 3.57. The Kier molecular flexibility index (Phi) is 3.63. The van der Waals surface area contributed by atoms with Gasteiger partial charge in [0, 0.05) is 12.1 Å². The van der Waals surface area contributed by atoms with Crippen LogP contribution in [0, 0.1) is 0 Å². The first kappa shape index (κ1) is 13.7. The van der Waals surface area contributed by atoms with Gasteiger partial charge in [-0.05, 0) is 49.9 Å². The highest BCUT2D eigenvalue weighted by molar-refractivity contribution is 5.29. The molecule has 0 unspecified atom stereocenters. The Bertz CT molecular complexity index is 445. The van der Waals surface area contributed by atoms with Crippen LogP contribution in [0.4, 0.5) is 13.2 Å². The van der Waals surface area contributed by atoms with Gasteiger partial charge in [0.1, 0.15) is 11.9 Å². The number of hydrogen-bond acceptors (Lipinski definition) is 2. The van der Waals surface area contributed by atoms with E-state index in [4.69, 9.17) is 4.74 Å². The van der Waals surface area contributed by atoms with Crippen molar-refractivity contribution < 1.29 is 17.9 Å². The number of fused-ring (bicyclic) bond motifs is 2. The van der Waals surface area contributed by atoms with Gasteiger partial charge in [0.2, 0.25) is 0 Å². The van der Waals surface area contributed by atoms with Crippen molar-refractivity contribution in [2.75, 3.05) is 0 Å². The van der Waals surface area contributed by atoms with E-state index in [-0.39, 0.29) is 6.10 Å². The van der Waals surface area contributed by atoms with Crippen LogP contribution in [0.25, 0.3) is 0 Å². The normalized spacial score (nSPS) is 30.1. The van der Waals surface area contributed by atoms with Crippen LogP contribution in [-0.2, 0) is 6.18 Å². The standard InChI is InChI=1S/C15H18F3NO/c16-15(17,18)10-4-6-13(7-5-10)20-14-8-11-2-1-3-12(9-14)19-11/h4-7,11-12,14,19H,1-3,8-9H2/t11-,12+,14-. The number of halogens is 3. The lowest BCUT2D eigenvalue weighted by atomic mass is 9.85. The van der Waals surface area contributed by atoms with Gasteiger partial charge in [0.05, 0.1) is 5.56 Å². The summed E-state index contributed by atoms with van der Waals surface area (Å²) in [6.07, 6.45) is 1.31. The second-order valence-electron chi connectivity index (χ2n) is 5.72. The Labute approximate surface area is 116 Å². The van der Waals surface area contributed by atoms with E-state index in [9.17, 15) is 13.2 Å². The van der Waals surface area contributed by atoms with Crippen LogP contribution in [0.15, 0.2) is 24.3 Å². The predicted octanol–water partition coefficient (Wildman–Crippen LogP) is 3.76. The topological polar surface area (TPSA) is 21.3 Å². The molecule has 110 valence electrons. The Hall–Kier alpha value is -1.23. The molecular weight excluding hydrogens is 267 g/mol. The van der Waals surface area contributed by atoms with Gasteiger partial charge in [0.15, 0.2) is 0 Å². The van der Waals surface area contributed by atoms with Crippen LogP contribution in [0.2, 0.25) is 0 Å². The monoisotopic (exact) mass is 285 g/mol. The minimum absolute atomic E-state index is 0.114. The number of rotatable bonds is 2. The van der Waals surface area contributed by atoms with Crippen LogP contribution in [-0.4, -0.2) is 18.2 Å². The summed E-state index contributed by atoms with van der Waals surface area (Å²) in [4.78, 5) is 0. The maximum Gasteiger partial charge on any atom is 0.416 e. The molecule has 0 spiro atoms. The number of ether oxygens (including phenoxy) is 1. The summed E-state index contributed by atoms with van der Waals surface area (Å²) < 4.78 is 43.3. The van der Waals surface area contributed by atoms with Crippen molar-refractivity contribution in [2.24, 2.45) is 0 Å². The van der Waals surface area contributed by atoms with E-state index < -0.39 is 11.7 Å². The maximum atomic E-state index is 12.5. The van der Waals surface area contributed by atoms with Crippen molar-refractivity contribution in [2.45, 2.75) is 56.5 Å². The van der Waals surface area contributed by atoms with Crippen LogP contribution in [0.5, 0.6) is 5.75 Å². The molecule has 20 heavy (non-hydrogen) atoms. The first-order valence-electron chi connectivity index (χ1n) is 7.10. The third kappa shape index (κ3) is 3.08. The maximum absolute atomic E-state index is 12.5. The first-order chi connectivity index (χ1) is 9.50. The summed E-state index contributed by atoms with van der Waals surface area (Å²) in [6, 6.07) is 6.00. The van der Waals surface area contributed by atoms with Gasteiger partial charge in [-0.2, -0.15) is 13.2 Å². The highest BCUT2D eigenvalue weighted by Crippen LogP contribution is 2.32. The van der Waals surface area contributed by atoms with Gasteiger partial charge in [-0.25, -0.2) is 0 Å². The fourth-order valence-electron chi connectivity index (χ4n) is 3.22. The van der Waals surface area contributed by atoms with Gasteiger partial charge in [-0.1, -0.05) is 6.42 Å². The molecule has 3 rings (SSSR count). The molecular formula is C15H18F3NO. The minimum Gasteiger partial charge on any atom is -0.490 e. The molecule has 2 bridgehead atoms. The van der Waals surface area contributed by atoms with Crippen molar-refractivity contribution in [3.8, 4) is 5.75 Å². The highest BCUT2D eigenvalue weighted by atomic mass is 19.4. The molecule has 1 aromatic rings. The lowest BCUT2D eigenvalue weighted by molar-refractivity contribution is -0.137. The van der Waals surface area contributed by atoms with Gasteiger partial charge in [-0.3, -0.25) is 0 Å². The van der Waals surface area contributed by atoms with Gasteiger partial charge >= 0.3 is 6.18 Å². The molecule has 2 heterocycles. The Morgan fingerprint density at radius 2 is 1.60 bits per heavy atom. The molecule has 2 nitrogen and oxygen atoms in total. The van der Waals surface area contributed by atoms with Crippen molar-refractivity contribution >= 4 is 0 Å². The van der Waals surface area contributed by atoms with E-state index >= 15 is 0 Å². The number of nitrogens with one attached hydrogen (secondary N) is 1. The Morgan fingerprint density at radius 1 is 1.00 bits per heavy atom. The number of alkyl halides is 3. The average Bonchev–Trinajstić information content (AvgIpc) is 2.38. The molecule has 5 heteroatoms.